The van der Waals surface area contributed by atoms with Crippen molar-refractivity contribution >= 4 is 21.6 Å². The third-order valence-electron chi connectivity index (χ3n) is 5.01. The predicted molar refractivity (Wildman–Crippen MR) is 112 cm³/mol. The fourth-order valence-electron chi connectivity index (χ4n) is 3.38. The SMILES string of the molecule is COc1ccc(CCN(C)C(=O)c2cccc(N3CCCS3(=O)=O)c2)cc1OC. The number of methoxy groups -OCH3 is 2. The van der Waals surface area contributed by atoms with Gasteiger partial charge in [-0.2, -0.15) is 0 Å². The molecule has 1 saturated heterocycles. The summed E-state index contributed by atoms with van der Waals surface area (Å²) in [6.07, 6.45) is 1.26. The van der Waals surface area contributed by atoms with Gasteiger partial charge in [-0.3, -0.25) is 9.10 Å². The second kappa shape index (κ2) is 8.73. The number of nitrogens with zero attached hydrogens (tertiary/aromatic N) is 2. The van der Waals surface area contributed by atoms with Crippen molar-refractivity contribution in [2.75, 3.05) is 44.4 Å². The summed E-state index contributed by atoms with van der Waals surface area (Å²) in [5, 5.41) is 0. The summed E-state index contributed by atoms with van der Waals surface area (Å²) in [7, 11) is 1.64. The largest absolute Gasteiger partial charge is 0.493 e. The van der Waals surface area contributed by atoms with Crippen molar-refractivity contribution in [2.24, 2.45) is 0 Å². The van der Waals surface area contributed by atoms with Crippen LogP contribution in [0.15, 0.2) is 42.5 Å². The Bertz CT molecular complexity index is 990. The third-order valence-corrected chi connectivity index (χ3v) is 6.88. The molecule has 2 aromatic carbocycles. The molecule has 29 heavy (non-hydrogen) atoms. The van der Waals surface area contributed by atoms with E-state index < -0.39 is 10.0 Å². The lowest BCUT2D eigenvalue weighted by atomic mass is 10.1. The lowest BCUT2D eigenvalue weighted by Gasteiger charge is -2.20. The van der Waals surface area contributed by atoms with Crippen LogP contribution in [-0.2, 0) is 16.4 Å². The van der Waals surface area contributed by atoms with Crippen molar-refractivity contribution in [1.29, 1.82) is 0 Å². The van der Waals surface area contributed by atoms with E-state index in [9.17, 15) is 13.2 Å². The zero-order valence-electron chi connectivity index (χ0n) is 16.9. The number of benzene rings is 2. The Kier molecular flexibility index (Phi) is 6.32. The zero-order valence-corrected chi connectivity index (χ0v) is 17.7. The smallest absolute Gasteiger partial charge is 0.253 e. The molecule has 2 aromatic rings. The Morgan fingerprint density at radius 1 is 1.10 bits per heavy atom. The maximum atomic E-state index is 12.8. The van der Waals surface area contributed by atoms with Gasteiger partial charge in [-0.25, -0.2) is 8.42 Å². The molecule has 3 rings (SSSR count). The summed E-state index contributed by atoms with van der Waals surface area (Å²) in [6.45, 7) is 0.968. The quantitative estimate of drug-likeness (QED) is 0.691. The first-order chi connectivity index (χ1) is 13.9. The second-order valence-electron chi connectivity index (χ2n) is 6.96. The molecular formula is C21H26N2O5S. The van der Waals surface area contributed by atoms with Crippen LogP contribution in [0.3, 0.4) is 0 Å². The van der Waals surface area contributed by atoms with E-state index >= 15 is 0 Å². The van der Waals surface area contributed by atoms with E-state index in [4.69, 9.17) is 9.47 Å². The van der Waals surface area contributed by atoms with Crippen molar-refractivity contribution in [3.63, 3.8) is 0 Å². The Morgan fingerprint density at radius 3 is 2.52 bits per heavy atom. The summed E-state index contributed by atoms with van der Waals surface area (Å²) in [5.41, 5.74) is 2.04. The number of sulfonamides is 1. The highest BCUT2D eigenvalue weighted by molar-refractivity contribution is 7.93. The van der Waals surface area contributed by atoms with E-state index in [0.717, 1.165) is 5.56 Å². The summed E-state index contributed by atoms with van der Waals surface area (Å²) in [5.74, 6) is 1.31. The fourth-order valence-corrected chi connectivity index (χ4v) is 4.93. The van der Waals surface area contributed by atoms with Gasteiger partial charge in [-0.05, 0) is 48.7 Å². The van der Waals surface area contributed by atoms with Crippen molar-refractivity contribution < 1.29 is 22.7 Å². The number of rotatable bonds is 7. The van der Waals surface area contributed by atoms with Crippen LogP contribution in [0.2, 0.25) is 0 Å². The van der Waals surface area contributed by atoms with Crippen LogP contribution in [0, 0.1) is 0 Å². The van der Waals surface area contributed by atoms with E-state index in [1.165, 1.54) is 4.31 Å². The number of amides is 1. The van der Waals surface area contributed by atoms with E-state index in [1.54, 1.807) is 50.4 Å². The molecule has 1 aliphatic heterocycles. The first kappa shape index (κ1) is 21.0. The molecule has 0 aliphatic carbocycles. The van der Waals surface area contributed by atoms with E-state index in [1.807, 2.05) is 18.2 Å². The first-order valence-electron chi connectivity index (χ1n) is 9.42. The molecule has 1 heterocycles. The molecule has 1 amide bonds. The fraction of sp³-hybridized carbons (Fsp3) is 0.381. The average molecular weight is 419 g/mol. The third kappa shape index (κ3) is 4.64. The number of anilines is 1. The van der Waals surface area contributed by atoms with Crippen LogP contribution < -0.4 is 13.8 Å². The van der Waals surface area contributed by atoms with Crippen LogP contribution in [0.5, 0.6) is 11.5 Å². The van der Waals surface area contributed by atoms with Crippen molar-refractivity contribution in [3.8, 4) is 11.5 Å². The number of carbonyl (C=O) groups excluding carboxylic acids is 1. The van der Waals surface area contributed by atoms with Gasteiger partial charge in [0.25, 0.3) is 5.91 Å². The average Bonchev–Trinajstić information content (AvgIpc) is 3.10. The lowest BCUT2D eigenvalue weighted by Crippen LogP contribution is -2.29. The van der Waals surface area contributed by atoms with Crippen molar-refractivity contribution in [2.45, 2.75) is 12.8 Å². The normalized spacial score (nSPS) is 15.2. The Morgan fingerprint density at radius 2 is 1.86 bits per heavy atom. The number of hydrogen-bond acceptors (Lipinski definition) is 5. The summed E-state index contributed by atoms with van der Waals surface area (Å²) < 4.78 is 36.2. The molecule has 7 nitrogen and oxygen atoms in total. The van der Waals surface area contributed by atoms with Gasteiger partial charge in [0.05, 0.1) is 25.7 Å². The molecule has 156 valence electrons. The summed E-state index contributed by atoms with van der Waals surface area (Å²) >= 11 is 0. The molecule has 1 aliphatic rings. The molecule has 1 fully saturated rings. The minimum atomic E-state index is -3.28. The van der Waals surface area contributed by atoms with Crippen molar-refractivity contribution in [1.82, 2.24) is 4.90 Å². The molecule has 0 radical (unpaired) electrons. The molecule has 0 spiro atoms. The van der Waals surface area contributed by atoms with E-state index in [2.05, 4.69) is 0 Å². The standard InChI is InChI=1S/C21H26N2O5S/c1-22(12-10-16-8-9-19(27-2)20(14-16)28-3)21(24)17-6-4-7-18(15-17)23-11-5-13-29(23,25)26/h4,6-9,14-15H,5,10-13H2,1-3H3. The number of hydrogen-bond donors (Lipinski definition) is 0. The Balaban J connectivity index is 1.68. The monoisotopic (exact) mass is 418 g/mol. The summed E-state index contributed by atoms with van der Waals surface area (Å²) in [4.78, 5) is 14.5. The van der Waals surface area contributed by atoms with Crippen LogP contribution in [-0.4, -0.2) is 59.3 Å². The number of carbonyl (C=O) groups is 1. The Hall–Kier alpha value is -2.74. The highest BCUT2D eigenvalue weighted by Gasteiger charge is 2.28. The van der Waals surface area contributed by atoms with Gasteiger partial charge in [0, 0.05) is 25.7 Å². The minimum Gasteiger partial charge on any atom is -0.493 e. The number of ether oxygens (including phenoxy) is 2. The van der Waals surface area contributed by atoms with Gasteiger partial charge < -0.3 is 14.4 Å². The molecule has 8 heteroatoms. The molecular weight excluding hydrogens is 392 g/mol. The zero-order chi connectivity index (χ0) is 21.0. The highest BCUT2D eigenvalue weighted by atomic mass is 32.2. The molecule has 0 N–H and O–H groups in total. The molecule has 0 atom stereocenters. The predicted octanol–water partition coefficient (Wildman–Crippen LogP) is 2.56. The molecule has 0 unspecified atom stereocenters. The van der Waals surface area contributed by atoms with Crippen LogP contribution in [0.25, 0.3) is 0 Å². The first-order valence-corrected chi connectivity index (χ1v) is 11.0. The number of likely N-dealkylation sites (N-methyl/N-ethyl adjacent to an activating group) is 1. The van der Waals surface area contributed by atoms with Gasteiger partial charge >= 0.3 is 0 Å². The minimum absolute atomic E-state index is 0.149. The maximum Gasteiger partial charge on any atom is 0.253 e. The van der Waals surface area contributed by atoms with Crippen LogP contribution in [0.1, 0.15) is 22.3 Å². The van der Waals surface area contributed by atoms with E-state index in [0.29, 0.717) is 48.7 Å². The Labute approximate surface area is 171 Å². The molecule has 0 bridgehead atoms. The van der Waals surface area contributed by atoms with E-state index in [-0.39, 0.29) is 11.7 Å². The molecule has 0 saturated carbocycles. The van der Waals surface area contributed by atoms with Crippen LogP contribution >= 0.6 is 0 Å². The molecule has 0 aromatic heterocycles. The topological polar surface area (TPSA) is 76.2 Å². The van der Waals surface area contributed by atoms with Gasteiger partial charge in [0.15, 0.2) is 11.5 Å². The lowest BCUT2D eigenvalue weighted by molar-refractivity contribution is 0.0796. The van der Waals surface area contributed by atoms with Gasteiger partial charge in [0.1, 0.15) is 0 Å². The van der Waals surface area contributed by atoms with Gasteiger partial charge in [-0.1, -0.05) is 12.1 Å². The second-order valence-corrected chi connectivity index (χ2v) is 8.97. The van der Waals surface area contributed by atoms with Crippen LogP contribution in [0.4, 0.5) is 5.69 Å². The van der Waals surface area contributed by atoms with Gasteiger partial charge in [0.2, 0.25) is 10.0 Å². The van der Waals surface area contributed by atoms with Gasteiger partial charge in [-0.15, -0.1) is 0 Å². The maximum absolute atomic E-state index is 12.8. The highest BCUT2D eigenvalue weighted by Crippen LogP contribution is 2.28. The summed E-state index contributed by atoms with van der Waals surface area (Å²) in [6, 6.07) is 12.5. The van der Waals surface area contributed by atoms with Crippen molar-refractivity contribution in [3.05, 3.63) is 53.6 Å².